The highest BCUT2D eigenvalue weighted by Gasteiger charge is 2.05. The zero-order chi connectivity index (χ0) is 17.7. The van der Waals surface area contributed by atoms with Gasteiger partial charge >= 0.3 is 0 Å². The number of rotatable bonds is 12. The van der Waals surface area contributed by atoms with Crippen molar-refractivity contribution in [3.8, 4) is 0 Å². The Bertz CT molecular complexity index is 504. The second-order valence-corrected chi connectivity index (χ2v) is 6.93. The maximum Gasteiger partial charge on any atom is 0.00797 e. The van der Waals surface area contributed by atoms with E-state index in [0.717, 1.165) is 51.6 Å². The minimum Gasteiger partial charge on any atom is -0.327 e. The van der Waals surface area contributed by atoms with Crippen molar-refractivity contribution in [2.24, 2.45) is 11.5 Å². The van der Waals surface area contributed by atoms with Gasteiger partial charge < -0.3 is 16.8 Å². The Balaban J connectivity index is 1.45. The van der Waals surface area contributed by atoms with Crippen LogP contribution in [0.4, 0.5) is 0 Å². The molecule has 2 aromatic rings. The third-order valence-corrected chi connectivity index (χ3v) is 4.54. The molecule has 0 saturated carbocycles. The van der Waals surface area contributed by atoms with Crippen molar-refractivity contribution in [1.29, 1.82) is 0 Å². The number of hydrogen-bond acceptors (Lipinski definition) is 3. The van der Waals surface area contributed by atoms with Crippen LogP contribution in [-0.2, 0) is 12.8 Å². The Morgan fingerprint density at radius 1 is 0.640 bits per heavy atom. The lowest BCUT2D eigenvalue weighted by Gasteiger charge is -2.13. The summed E-state index contributed by atoms with van der Waals surface area (Å²) in [5.74, 6) is 0. The number of nitrogens with two attached hydrogens (primary N) is 2. The monoisotopic (exact) mass is 339 g/mol. The molecule has 0 unspecified atom stereocenters. The fraction of sp³-hybridized carbons (Fsp3) is 0.455. The maximum atomic E-state index is 6.22. The van der Waals surface area contributed by atoms with E-state index >= 15 is 0 Å². The lowest BCUT2D eigenvalue weighted by Crippen LogP contribution is -2.27. The first kappa shape index (κ1) is 19.6. The molecule has 0 aliphatic carbocycles. The fourth-order valence-corrected chi connectivity index (χ4v) is 3.14. The molecule has 2 rings (SSSR count). The molecule has 5 N–H and O–H groups in total. The summed E-state index contributed by atoms with van der Waals surface area (Å²) in [7, 11) is 0. The minimum atomic E-state index is 0.253. The molecule has 0 amide bonds. The van der Waals surface area contributed by atoms with Crippen LogP contribution < -0.4 is 16.8 Å². The van der Waals surface area contributed by atoms with E-state index in [1.165, 1.54) is 11.1 Å². The summed E-state index contributed by atoms with van der Waals surface area (Å²) in [5.41, 5.74) is 15.1. The zero-order valence-corrected chi connectivity index (χ0v) is 15.2. The summed E-state index contributed by atoms with van der Waals surface area (Å²) < 4.78 is 0. The Kier molecular flexibility index (Phi) is 9.27. The Morgan fingerprint density at radius 2 is 1.04 bits per heavy atom. The molecule has 0 aliphatic heterocycles. The van der Waals surface area contributed by atoms with Gasteiger partial charge in [0.2, 0.25) is 0 Å². The molecule has 0 fully saturated rings. The predicted octanol–water partition coefficient (Wildman–Crippen LogP) is 3.28. The molecule has 0 spiro atoms. The van der Waals surface area contributed by atoms with Crippen LogP contribution in [0.25, 0.3) is 0 Å². The molecule has 3 heteroatoms. The zero-order valence-electron chi connectivity index (χ0n) is 15.2. The highest BCUT2D eigenvalue weighted by Crippen LogP contribution is 2.06. The molecular weight excluding hydrogens is 306 g/mol. The van der Waals surface area contributed by atoms with Crippen LogP contribution in [0.2, 0.25) is 0 Å². The van der Waals surface area contributed by atoms with Gasteiger partial charge in [0.05, 0.1) is 0 Å². The van der Waals surface area contributed by atoms with Gasteiger partial charge in [0, 0.05) is 12.1 Å². The third kappa shape index (κ3) is 8.82. The summed E-state index contributed by atoms with van der Waals surface area (Å²) in [5, 5.41) is 3.51. The minimum absolute atomic E-state index is 0.253. The molecule has 0 aromatic heterocycles. The predicted molar refractivity (Wildman–Crippen MR) is 108 cm³/mol. The largest absolute Gasteiger partial charge is 0.327 e. The van der Waals surface area contributed by atoms with E-state index in [9.17, 15) is 0 Å². The van der Waals surface area contributed by atoms with E-state index < -0.39 is 0 Å². The Morgan fingerprint density at radius 3 is 1.44 bits per heavy atom. The van der Waals surface area contributed by atoms with E-state index in [1.807, 2.05) is 12.1 Å². The summed E-state index contributed by atoms with van der Waals surface area (Å²) in [6.07, 6.45) is 6.32. The van der Waals surface area contributed by atoms with Crippen LogP contribution in [0.1, 0.15) is 36.8 Å². The van der Waals surface area contributed by atoms with Gasteiger partial charge in [-0.25, -0.2) is 0 Å². The van der Waals surface area contributed by atoms with Crippen molar-refractivity contribution < 1.29 is 0 Å². The molecule has 25 heavy (non-hydrogen) atoms. The molecule has 2 atom stereocenters. The number of benzene rings is 2. The summed E-state index contributed by atoms with van der Waals surface area (Å²) in [4.78, 5) is 0. The second kappa shape index (κ2) is 11.8. The highest BCUT2D eigenvalue weighted by molar-refractivity contribution is 5.16. The van der Waals surface area contributed by atoms with E-state index in [0.29, 0.717) is 0 Å². The molecule has 3 nitrogen and oxygen atoms in total. The van der Waals surface area contributed by atoms with Gasteiger partial charge in [-0.15, -0.1) is 0 Å². The van der Waals surface area contributed by atoms with Crippen molar-refractivity contribution in [2.75, 3.05) is 13.1 Å². The SMILES string of the molecule is N[C@H](CCCNCCC[C@@H](N)Cc1ccccc1)Cc1ccccc1. The van der Waals surface area contributed by atoms with Crippen molar-refractivity contribution in [2.45, 2.75) is 50.6 Å². The van der Waals surface area contributed by atoms with Crippen LogP contribution in [0.15, 0.2) is 60.7 Å². The normalized spacial score (nSPS) is 13.5. The molecule has 0 saturated heterocycles. The average molecular weight is 340 g/mol. The first-order valence-electron chi connectivity index (χ1n) is 9.54. The van der Waals surface area contributed by atoms with Gasteiger partial charge in [0.1, 0.15) is 0 Å². The molecule has 0 heterocycles. The van der Waals surface area contributed by atoms with E-state index in [4.69, 9.17) is 11.5 Å². The third-order valence-electron chi connectivity index (χ3n) is 4.54. The fourth-order valence-electron chi connectivity index (χ4n) is 3.14. The highest BCUT2D eigenvalue weighted by atomic mass is 14.8. The average Bonchev–Trinajstić information content (AvgIpc) is 2.62. The van der Waals surface area contributed by atoms with Crippen molar-refractivity contribution in [1.82, 2.24) is 5.32 Å². The molecule has 0 bridgehead atoms. The van der Waals surface area contributed by atoms with Gasteiger partial charge in [0.25, 0.3) is 0 Å². The van der Waals surface area contributed by atoms with Crippen LogP contribution in [-0.4, -0.2) is 25.2 Å². The quantitative estimate of drug-likeness (QED) is 0.520. The number of nitrogens with one attached hydrogen (secondary N) is 1. The summed E-state index contributed by atoms with van der Waals surface area (Å²) in [6.45, 7) is 2.08. The van der Waals surface area contributed by atoms with Crippen molar-refractivity contribution >= 4 is 0 Å². The van der Waals surface area contributed by atoms with Gasteiger partial charge in [0.15, 0.2) is 0 Å². The van der Waals surface area contributed by atoms with Gasteiger partial charge in [-0.3, -0.25) is 0 Å². The lowest BCUT2D eigenvalue weighted by atomic mass is 10.0. The standard InChI is InChI=1S/C22H33N3/c23-21(17-19-9-3-1-4-10-19)13-7-15-25-16-8-14-22(24)18-20-11-5-2-6-12-20/h1-6,9-12,21-22,25H,7-8,13-18,23-24H2/t21-,22-/m1/s1. The molecule has 2 aromatic carbocycles. The van der Waals surface area contributed by atoms with E-state index in [-0.39, 0.29) is 12.1 Å². The topological polar surface area (TPSA) is 64.1 Å². The maximum absolute atomic E-state index is 6.22. The first-order chi connectivity index (χ1) is 12.2. The molecular formula is C22H33N3. The summed E-state index contributed by atoms with van der Waals surface area (Å²) >= 11 is 0. The van der Waals surface area contributed by atoms with Gasteiger partial charge in [-0.2, -0.15) is 0 Å². The van der Waals surface area contributed by atoms with E-state index in [1.54, 1.807) is 0 Å². The molecule has 0 aliphatic rings. The van der Waals surface area contributed by atoms with Gasteiger partial charge in [-0.05, 0) is 62.7 Å². The van der Waals surface area contributed by atoms with Gasteiger partial charge in [-0.1, -0.05) is 60.7 Å². The molecule has 0 radical (unpaired) electrons. The second-order valence-electron chi connectivity index (χ2n) is 6.93. The van der Waals surface area contributed by atoms with Crippen LogP contribution in [0.5, 0.6) is 0 Å². The Labute approximate surface area is 152 Å². The van der Waals surface area contributed by atoms with E-state index in [2.05, 4.69) is 53.8 Å². The first-order valence-corrected chi connectivity index (χ1v) is 9.54. The number of hydrogen-bond donors (Lipinski definition) is 3. The van der Waals surface area contributed by atoms with Crippen LogP contribution in [0.3, 0.4) is 0 Å². The van der Waals surface area contributed by atoms with Crippen LogP contribution >= 0.6 is 0 Å². The van der Waals surface area contributed by atoms with Crippen molar-refractivity contribution in [3.63, 3.8) is 0 Å². The Hall–Kier alpha value is -1.68. The smallest absolute Gasteiger partial charge is 0.00797 e. The van der Waals surface area contributed by atoms with Crippen molar-refractivity contribution in [3.05, 3.63) is 71.8 Å². The van der Waals surface area contributed by atoms with Crippen LogP contribution in [0, 0.1) is 0 Å². The summed E-state index contributed by atoms with van der Waals surface area (Å²) in [6, 6.07) is 21.5. The lowest BCUT2D eigenvalue weighted by molar-refractivity contribution is 0.518. The molecule has 136 valence electrons.